The average molecular weight is 701 g/mol. The van der Waals surface area contributed by atoms with Gasteiger partial charge in [0.1, 0.15) is 0 Å². The summed E-state index contributed by atoms with van der Waals surface area (Å²) in [7, 11) is -5.89. The van der Waals surface area contributed by atoms with Crippen LogP contribution in [0.5, 0.6) is 0 Å². The Morgan fingerprint density at radius 1 is 1.15 bits per heavy atom. The lowest BCUT2D eigenvalue weighted by atomic mass is 9.79. The van der Waals surface area contributed by atoms with Gasteiger partial charge in [-0.05, 0) is 116 Å². The van der Waals surface area contributed by atoms with Gasteiger partial charge >= 0.3 is 0 Å². The molecule has 0 bridgehead atoms. The van der Waals surface area contributed by atoms with E-state index >= 15 is 0 Å². The number of hydroxylamine groups is 2. The van der Waals surface area contributed by atoms with Crippen LogP contribution in [0, 0.1) is 5.21 Å². The number of piperidine rings is 1. The number of amides is 1. The van der Waals surface area contributed by atoms with E-state index in [9.17, 15) is 31.4 Å². The molecule has 1 aromatic heterocycles. The molecule has 2 aromatic rings. The molecule has 1 aliphatic carbocycles. The highest BCUT2D eigenvalue weighted by Crippen LogP contribution is 2.38. The summed E-state index contributed by atoms with van der Waals surface area (Å²) in [6.45, 7) is 9.53. The molecule has 3 unspecified atom stereocenters. The number of hydrogen-bond acceptors (Lipinski definition) is 12. The Morgan fingerprint density at radius 3 is 2.46 bits per heavy atom. The topological polar surface area (TPSA) is 197 Å². The van der Waals surface area contributed by atoms with Crippen LogP contribution in [0.4, 0.5) is 5.00 Å². The maximum Gasteiger partial charge on any atom is 0.294 e. The standard InChI is InChI=1S/C29H46N7O7S3/c1-19(37)30-26-15-21(9-11-25(26)31-32-27-23-16-22(46(41,42)43)10-12-24(23)33-44-27)35(6)13-7-8-14-45(39,40)34-20-17-28(2,3)36(38)29(4,5)18-20/h10,12,16,20-21,25-26,34H,7-9,11,13-15,17-18H2,1-6H3,(H,30,37)(H,41,42,43)/q-1. The van der Waals surface area contributed by atoms with Gasteiger partial charge in [0, 0.05) is 35.5 Å². The van der Waals surface area contributed by atoms with Gasteiger partial charge in [0.2, 0.25) is 15.9 Å². The van der Waals surface area contributed by atoms with E-state index in [1.807, 2.05) is 34.7 Å². The molecule has 14 nitrogen and oxygen atoms in total. The number of unbranched alkanes of at least 4 members (excludes halogenated alkanes) is 1. The zero-order valence-corrected chi connectivity index (χ0v) is 29.7. The predicted octanol–water partition coefficient (Wildman–Crippen LogP) is 4.20. The van der Waals surface area contributed by atoms with Crippen molar-refractivity contribution in [1.82, 2.24) is 24.4 Å². The van der Waals surface area contributed by atoms with E-state index in [0.717, 1.165) is 23.0 Å². The van der Waals surface area contributed by atoms with Crippen LogP contribution in [0.1, 0.15) is 79.6 Å². The highest BCUT2D eigenvalue weighted by Gasteiger charge is 2.41. The number of nitrogens with zero attached hydrogens (tertiary/aromatic N) is 5. The third-order valence-electron chi connectivity index (χ3n) is 8.93. The van der Waals surface area contributed by atoms with E-state index in [0.29, 0.717) is 61.0 Å². The number of fused-ring (bicyclic) bond motifs is 1. The van der Waals surface area contributed by atoms with Crippen LogP contribution in [-0.4, -0.2) is 96.2 Å². The maximum absolute atomic E-state index is 12.9. The first kappa shape index (κ1) is 36.7. The molecule has 4 rings (SSSR count). The first-order valence-corrected chi connectivity index (χ1v) is 19.4. The number of sulfonamides is 1. The quantitative estimate of drug-likeness (QED) is 0.164. The van der Waals surface area contributed by atoms with Crippen molar-refractivity contribution in [3.8, 4) is 0 Å². The molecule has 2 aliphatic rings. The van der Waals surface area contributed by atoms with Crippen molar-refractivity contribution in [2.45, 2.75) is 120 Å². The molecule has 2 heterocycles. The number of azo groups is 1. The van der Waals surface area contributed by atoms with Crippen LogP contribution in [-0.2, 0) is 24.9 Å². The van der Waals surface area contributed by atoms with Crippen LogP contribution in [0.15, 0.2) is 33.3 Å². The van der Waals surface area contributed by atoms with Gasteiger partial charge < -0.3 is 20.5 Å². The van der Waals surface area contributed by atoms with Gasteiger partial charge in [-0.3, -0.25) is 9.35 Å². The Hall–Kier alpha value is -2.12. The van der Waals surface area contributed by atoms with Crippen molar-refractivity contribution >= 4 is 53.5 Å². The Kier molecular flexibility index (Phi) is 11.3. The number of nitrogens with one attached hydrogen (secondary N) is 2. The number of benzene rings is 1. The minimum atomic E-state index is -4.38. The molecular weight excluding hydrogens is 655 g/mol. The maximum atomic E-state index is 12.9. The van der Waals surface area contributed by atoms with Crippen LogP contribution in [0.2, 0.25) is 0 Å². The summed E-state index contributed by atoms with van der Waals surface area (Å²) in [5.41, 5.74) is -0.771. The minimum Gasteiger partial charge on any atom is -0.784 e. The summed E-state index contributed by atoms with van der Waals surface area (Å²) in [4.78, 5) is 14.0. The fraction of sp³-hybridized carbons (Fsp3) is 0.724. The SMILES string of the molecule is CC(=O)NC1CC(N(C)CCCCS(=O)(=O)NC2CC(C)(C)N([O-])C(C)(C)C2)CCC1N=Nc1snc2ccc(S(=O)(=O)O)cc12. The molecular formula is C29H46N7O7S3-. The third kappa shape index (κ3) is 9.27. The van der Waals surface area contributed by atoms with E-state index in [1.54, 1.807) is 0 Å². The lowest BCUT2D eigenvalue weighted by molar-refractivity contribution is -0.120. The second-order valence-electron chi connectivity index (χ2n) is 13.8. The molecule has 3 atom stereocenters. The lowest BCUT2D eigenvalue weighted by Gasteiger charge is -2.59. The summed E-state index contributed by atoms with van der Waals surface area (Å²) in [5, 5.41) is 26.5. The number of carbonyl (C=O) groups is 1. The van der Waals surface area contributed by atoms with E-state index in [1.165, 1.54) is 25.1 Å². The number of hydrogen-bond donors (Lipinski definition) is 3. The van der Waals surface area contributed by atoms with E-state index in [2.05, 4.69) is 29.5 Å². The Morgan fingerprint density at radius 2 is 1.83 bits per heavy atom. The number of rotatable bonds is 12. The second kappa shape index (κ2) is 14.2. The van der Waals surface area contributed by atoms with Crippen LogP contribution >= 0.6 is 11.5 Å². The van der Waals surface area contributed by atoms with E-state index < -0.39 is 31.2 Å². The van der Waals surface area contributed by atoms with Crippen molar-refractivity contribution in [1.29, 1.82) is 0 Å². The largest absolute Gasteiger partial charge is 0.784 e. The molecule has 258 valence electrons. The third-order valence-corrected chi connectivity index (χ3v) is 12.1. The van der Waals surface area contributed by atoms with Gasteiger partial charge in [0.25, 0.3) is 10.1 Å². The first-order chi connectivity index (χ1) is 21.3. The molecule has 17 heteroatoms. The van der Waals surface area contributed by atoms with Crippen molar-refractivity contribution in [2.75, 3.05) is 19.3 Å². The van der Waals surface area contributed by atoms with Crippen molar-refractivity contribution in [3.63, 3.8) is 0 Å². The molecule has 3 N–H and O–H groups in total. The first-order valence-electron chi connectivity index (χ1n) is 15.5. The van der Waals surface area contributed by atoms with Crippen LogP contribution in [0.3, 0.4) is 0 Å². The molecule has 1 aromatic carbocycles. The smallest absolute Gasteiger partial charge is 0.294 e. The fourth-order valence-electron chi connectivity index (χ4n) is 6.85. The number of aromatic nitrogens is 1. The molecule has 1 amide bonds. The van der Waals surface area contributed by atoms with E-state index in [-0.39, 0.29) is 40.7 Å². The zero-order valence-electron chi connectivity index (χ0n) is 27.3. The minimum absolute atomic E-state index is 0.0128. The Bertz CT molecular complexity index is 1630. The monoisotopic (exact) mass is 700 g/mol. The normalized spacial score (nSPS) is 24.6. The Labute approximate surface area is 275 Å². The summed E-state index contributed by atoms with van der Waals surface area (Å²) >= 11 is 1.07. The van der Waals surface area contributed by atoms with Crippen LogP contribution < -0.4 is 10.0 Å². The predicted molar refractivity (Wildman–Crippen MR) is 178 cm³/mol. The summed E-state index contributed by atoms with van der Waals surface area (Å²) in [5.74, 6) is -0.168. The molecule has 0 spiro atoms. The van der Waals surface area contributed by atoms with Gasteiger partial charge in [0.05, 0.1) is 28.2 Å². The zero-order chi connectivity index (χ0) is 34.1. The highest BCUT2D eigenvalue weighted by molar-refractivity contribution is 7.89. The summed E-state index contributed by atoms with van der Waals surface area (Å²) in [6.07, 6.45) is 4.18. The molecule has 1 aliphatic heterocycles. The van der Waals surface area contributed by atoms with Crippen LogP contribution in [0.25, 0.3) is 10.9 Å². The molecule has 0 radical (unpaired) electrons. The average Bonchev–Trinajstić information content (AvgIpc) is 3.34. The van der Waals surface area contributed by atoms with Gasteiger partial charge in [-0.25, -0.2) is 13.1 Å². The van der Waals surface area contributed by atoms with Crippen molar-refractivity contribution in [2.24, 2.45) is 10.2 Å². The second-order valence-corrected chi connectivity index (χ2v) is 17.9. The van der Waals surface area contributed by atoms with Gasteiger partial charge in [-0.1, -0.05) is 0 Å². The fourth-order valence-corrected chi connectivity index (χ4v) is 9.42. The summed E-state index contributed by atoms with van der Waals surface area (Å²) in [6, 6.07) is 3.40. The van der Waals surface area contributed by atoms with Gasteiger partial charge in [-0.2, -0.15) is 17.9 Å². The van der Waals surface area contributed by atoms with Crippen molar-refractivity contribution in [3.05, 3.63) is 23.4 Å². The molecule has 1 saturated carbocycles. The van der Waals surface area contributed by atoms with Crippen molar-refractivity contribution < 1.29 is 26.2 Å². The van der Waals surface area contributed by atoms with Gasteiger partial charge in [-0.15, -0.1) is 5.11 Å². The summed E-state index contributed by atoms with van der Waals surface area (Å²) < 4.78 is 65.5. The van der Waals surface area contributed by atoms with Gasteiger partial charge in [0.15, 0.2) is 5.00 Å². The van der Waals surface area contributed by atoms with E-state index in [4.69, 9.17) is 0 Å². The highest BCUT2D eigenvalue weighted by atomic mass is 32.2. The lowest BCUT2D eigenvalue weighted by Crippen LogP contribution is -2.62. The molecule has 2 fully saturated rings. The molecule has 1 saturated heterocycles. The molecule has 46 heavy (non-hydrogen) atoms. The number of carbonyl (C=O) groups excluding carboxylic acids is 1. The Balaban J connectivity index is 1.30.